The third kappa shape index (κ3) is 3.77. The number of hydrogen-bond acceptors (Lipinski definition) is 6. The number of nitrogens with one attached hydrogen (secondary N) is 1. The van der Waals surface area contributed by atoms with Crippen LogP contribution in [0.1, 0.15) is 27.2 Å². The van der Waals surface area contributed by atoms with Gasteiger partial charge >= 0.3 is 5.97 Å². The van der Waals surface area contributed by atoms with Crippen molar-refractivity contribution in [3.8, 4) is 0 Å². The van der Waals surface area contributed by atoms with Crippen molar-refractivity contribution in [3.63, 3.8) is 0 Å². The molecular formula is C14H17N3O2S. The molecule has 0 aromatic carbocycles. The van der Waals surface area contributed by atoms with Gasteiger partial charge in [-0.2, -0.15) is 0 Å². The predicted octanol–water partition coefficient (Wildman–Crippen LogP) is 2.68. The number of methoxy groups -OCH3 is 1. The first-order valence-electron chi connectivity index (χ1n) is 6.32. The molecule has 0 saturated heterocycles. The Hall–Kier alpha value is -1.95. The monoisotopic (exact) mass is 291 g/mol. The number of carbonyl (C=O) groups excluding carboxylic acids is 1. The molecule has 0 bridgehead atoms. The Morgan fingerprint density at radius 3 is 2.70 bits per heavy atom. The molecule has 2 aromatic rings. The van der Waals surface area contributed by atoms with Gasteiger partial charge in [0.05, 0.1) is 7.11 Å². The summed E-state index contributed by atoms with van der Waals surface area (Å²) in [6.45, 7) is 4.19. The van der Waals surface area contributed by atoms with E-state index in [1.165, 1.54) is 16.9 Å². The molecule has 0 amide bonds. The van der Waals surface area contributed by atoms with E-state index in [4.69, 9.17) is 0 Å². The molecular weight excluding hydrogens is 274 g/mol. The van der Waals surface area contributed by atoms with Gasteiger partial charge in [0.15, 0.2) is 5.69 Å². The molecule has 20 heavy (non-hydrogen) atoms. The number of anilines is 1. The summed E-state index contributed by atoms with van der Waals surface area (Å²) >= 11 is 1.80. The lowest BCUT2D eigenvalue weighted by molar-refractivity contribution is 0.0593. The molecule has 0 aliphatic heterocycles. The van der Waals surface area contributed by atoms with E-state index in [-0.39, 0.29) is 11.7 Å². The second-order valence-electron chi connectivity index (χ2n) is 4.56. The number of thiophene rings is 1. The summed E-state index contributed by atoms with van der Waals surface area (Å²) in [5.41, 5.74) is 0.208. The summed E-state index contributed by atoms with van der Waals surface area (Å²) in [6.07, 6.45) is 0.930. The summed E-state index contributed by atoms with van der Waals surface area (Å²) in [5, 5.41) is 11.1. The lowest BCUT2D eigenvalue weighted by Crippen LogP contribution is -2.19. The molecule has 2 heterocycles. The van der Waals surface area contributed by atoms with Gasteiger partial charge in [-0.25, -0.2) is 4.79 Å². The van der Waals surface area contributed by atoms with Crippen LogP contribution in [0.5, 0.6) is 0 Å². The average molecular weight is 291 g/mol. The molecule has 2 aromatic heterocycles. The van der Waals surface area contributed by atoms with Crippen LogP contribution in [-0.4, -0.2) is 29.3 Å². The van der Waals surface area contributed by atoms with Crippen LogP contribution in [0, 0.1) is 6.92 Å². The van der Waals surface area contributed by atoms with Crippen molar-refractivity contribution in [2.75, 3.05) is 12.4 Å². The van der Waals surface area contributed by atoms with Crippen molar-refractivity contribution in [1.82, 2.24) is 10.2 Å². The SMILES string of the molecule is COC(=O)c1ccc(NC(C)Cc2ccc(C)s2)nn1. The fourth-order valence-corrected chi connectivity index (χ4v) is 2.84. The van der Waals surface area contributed by atoms with E-state index < -0.39 is 5.97 Å². The maximum absolute atomic E-state index is 11.2. The molecule has 1 unspecified atom stereocenters. The fraction of sp³-hybridized carbons (Fsp3) is 0.357. The zero-order valence-corrected chi connectivity index (χ0v) is 12.5. The van der Waals surface area contributed by atoms with Crippen molar-refractivity contribution >= 4 is 23.1 Å². The van der Waals surface area contributed by atoms with Gasteiger partial charge in [0.25, 0.3) is 0 Å². The van der Waals surface area contributed by atoms with E-state index in [9.17, 15) is 4.79 Å². The molecule has 0 aliphatic rings. The van der Waals surface area contributed by atoms with Gasteiger partial charge in [0, 0.05) is 22.2 Å². The molecule has 0 saturated carbocycles. The van der Waals surface area contributed by atoms with E-state index in [0.29, 0.717) is 5.82 Å². The number of aryl methyl sites for hydroxylation is 1. The first-order valence-corrected chi connectivity index (χ1v) is 7.14. The average Bonchev–Trinajstić information content (AvgIpc) is 2.84. The Bertz CT molecular complexity index is 580. The molecule has 0 fully saturated rings. The van der Waals surface area contributed by atoms with Gasteiger partial charge in [0.2, 0.25) is 0 Å². The number of ether oxygens (including phenoxy) is 1. The van der Waals surface area contributed by atoms with E-state index in [0.717, 1.165) is 6.42 Å². The van der Waals surface area contributed by atoms with Crippen LogP contribution in [0.25, 0.3) is 0 Å². The van der Waals surface area contributed by atoms with Crippen molar-refractivity contribution < 1.29 is 9.53 Å². The molecule has 2 rings (SSSR count). The van der Waals surface area contributed by atoms with Crippen molar-refractivity contribution in [3.05, 3.63) is 39.7 Å². The Morgan fingerprint density at radius 2 is 2.15 bits per heavy atom. The van der Waals surface area contributed by atoms with E-state index >= 15 is 0 Å². The summed E-state index contributed by atoms with van der Waals surface area (Å²) in [6, 6.07) is 7.84. The minimum Gasteiger partial charge on any atom is -0.464 e. The Labute approximate surface area is 122 Å². The highest BCUT2D eigenvalue weighted by molar-refractivity contribution is 7.11. The first-order chi connectivity index (χ1) is 9.58. The maximum Gasteiger partial charge on any atom is 0.358 e. The second-order valence-corrected chi connectivity index (χ2v) is 5.93. The number of esters is 1. The molecule has 1 N–H and O–H groups in total. The Kier molecular flexibility index (Phi) is 4.68. The lowest BCUT2D eigenvalue weighted by atomic mass is 10.2. The van der Waals surface area contributed by atoms with Gasteiger partial charge in [-0.1, -0.05) is 0 Å². The molecule has 0 radical (unpaired) electrons. The Balaban J connectivity index is 1.94. The van der Waals surface area contributed by atoms with Gasteiger partial charge in [-0.3, -0.25) is 0 Å². The Morgan fingerprint density at radius 1 is 1.35 bits per heavy atom. The zero-order valence-electron chi connectivity index (χ0n) is 11.7. The molecule has 6 heteroatoms. The lowest BCUT2D eigenvalue weighted by Gasteiger charge is -2.13. The van der Waals surface area contributed by atoms with Crippen LogP contribution in [-0.2, 0) is 11.2 Å². The number of carbonyl (C=O) groups is 1. The highest BCUT2D eigenvalue weighted by Crippen LogP contribution is 2.17. The van der Waals surface area contributed by atoms with Gasteiger partial charge in [0.1, 0.15) is 5.82 Å². The normalized spacial score (nSPS) is 11.9. The summed E-state index contributed by atoms with van der Waals surface area (Å²) < 4.78 is 4.58. The number of aromatic nitrogens is 2. The van der Waals surface area contributed by atoms with Gasteiger partial charge in [-0.05, 0) is 38.1 Å². The van der Waals surface area contributed by atoms with Crippen LogP contribution in [0.15, 0.2) is 24.3 Å². The largest absolute Gasteiger partial charge is 0.464 e. The molecule has 1 atom stereocenters. The third-order valence-corrected chi connectivity index (χ3v) is 3.78. The van der Waals surface area contributed by atoms with E-state index in [2.05, 4.69) is 46.2 Å². The van der Waals surface area contributed by atoms with Crippen molar-refractivity contribution in [2.45, 2.75) is 26.3 Å². The number of nitrogens with zero attached hydrogens (tertiary/aromatic N) is 2. The van der Waals surface area contributed by atoms with Crippen molar-refractivity contribution in [2.24, 2.45) is 0 Å². The van der Waals surface area contributed by atoms with Crippen molar-refractivity contribution in [1.29, 1.82) is 0 Å². The van der Waals surface area contributed by atoms with Crippen LogP contribution < -0.4 is 5.32 Å². The van der Waals surface area contributed by atoms with Crippen LogP contribution in [0.4, 0.5) is 5.82 Å². The predicted molar refractivity (Wildman–Crippen MR) is 79.2 cm³/mol. The van der Waals surface area contributed by atoms with Crippen LogP contribution in [0.2, 0.25) is 0 Å². The quantitative estimate of drug-likeness (QED) is 0.858. The zero-order chi connectivity index (χ0) is 14.5. The number of rotatable bonds is 5. The van der Waals surface area contributed by atoms with E-state index in [1.54, 1.807) is 23.5 Å². The molecule has 106 valence electrons. The van der Waals surface area contributed by atoms with Gasteiger partial charge < -0.3 is 10.1 Å². The highest BCUT2D eigenvalue weighted by Gasteiger charge is 2.09. The van der Waals surface area contributed by atoms with Gasteiger partial charge in [-0.15, -0.1) is 21.5 Å². The minimum absolute atomic E-state index is 0.208. The maximum atomic E-state index is 11.2. The fourth-order valence-electron chi connectivity index (χ4n) is 1.82. The van der Waals surface area contributed by atoms with Crippen LogP contribution >= 0.6 is 11.3 Å². The molecule has 0 spiro atoms. The topological polar surface area (TPSA) is 64.1 Å². The molecule has 0 aliphatic carbocycles. The van der Waals surface area contributed by atoms with E-state index in [1.807, 2.05) is 0 Å². The summed E-state index contributed by atoms with van der Waals surface area (Å²) in [5.74, 6) is 0.171. The standard InChI is InChI=1S/C14H17N3O2S/c1-9(8-11-5-4-10(2)20-11)15-13-7-6-12(16-17-13)14(18)19-3/h4-7,9H,8H2,1-3H3,(H,15,17). The number of hydrogen-bond donors (Lipinski definition) is 1. The highest BCUT2D eigenvalue weighted by atomic mass is 32.1. The van der Waals surface area contributed by atoms with Crippen LogP contribution in [0.3, 0.4) is 0 Å². The summed E-state index contributed by atoms with van der Waals surface area (Å²) in [7, 11) is 1.32. The molecule has 5 nitrogen and oxygen atoms in total. The first kappa shape index (κ1) is 14.5. The minimum atomic E-state index is -0.480. The summed E-state index contributed by atoms with van der Waals surface area (Å²) in [4.78, 5) is 13.9. The second kappa shape index (κ2) is 6.47. The third-order valence-electron chi connectivity index (χ3n) is 2.76. The smallest absolute Gasteiger partial charge is 0.358 e.